The zero-order valence-corrected chi connectivity index (χ0v) is 32.8. The van der Waals surface area contributed by atoms with E-state index in [0.717, 1.165) is 30.3 Å². The molecule has 6 heteroatoms. The summed E-state index contributed by atoms with van der Waals surface area (Å²) in [6, 6.07) is 0.667. The Hall–Kier alpha value is -8.19. The Morgan fingerprint density at radius 1 is 0.381 bits per heavy atom. The van der Waals surface area contributed by atoms with Crippen molar-refractivity contribution < 1.29 is 32.9 Å². The van der Waals surface area contributed by atoms with Crippen molar-refractivity contribution in [2.45, 2.75) is 0 Å². The molecule has 0 amide bonds. The highest BCUT2D eigenvalue weighted by molar-refractivity contribution is 7.26. The number of benzene rings is 9. The zero-order valence-electron chi connectivity index (χ0n) is 56.0. The Labute approximate surface area is 400 Å². The molecule has 0 saturated heterocycles. The smallest absolute Gasteiger partial charge is 0.240 e. The van der Waals surface area contributed by atoms with Gasteiger partial charge in [0.2, 0.25) is 11.9 Å². The van der Waals surface area contributed by atoms with Gasteiger partial charge in [-0.05, 0) is 81.8 Å². The Morgan fingerprint density at radius 3 is 1.70 bits per heavy atom. The van der Waals surface area contributed by atoms with E-state index in [1.165, 1.54) is 11.3 Å². The van der Waals surface area contributed by atoms with Crippen LogP contribution in [0.4, 0.5) is 0 Å². The van der Waals surface area contributed by atoms with Gasteiger partial charge >= 0.3 is 0 Å². The molecule has 0 atom stereocenters. The maximum absolute atomic E-state index is 10.1. The molecule has 4 heterocycles. The Bertz CT molecular complexity index is 5220. The molecule has 0 aliphatic heterocycles. The molecule has 0 spiro atoms. The normalized spacial score (nSPS) is 17.1. The topological polar surface area (TPSA) is 48.5 Å². The molecule has 294 valence electrons. The predicted molar refractivity (Wildman–Crippen MR) is 263 cm³/mol. The summed E-state index contributed by atoms with van der Waals surface area (Å²) in [5.41, 5.74) is -2.83. The van der Waals surface area contributed by atoms with Gasteiger partial charge in [-0.15, -0.1) is 11.3 Å². The number of hydrogen-bond acceptors (Lipinski definition) is 4. The first-order chi connectivity index (χ1) is 41.2. The van der Waals surface area contributed by atoms with Gasteiger partial charge in [-0.3, -0.25) is 9.13 Å². The molecule has 0 unspecified atom stereocenters. The van der Waals surface area contributed by atoms with Gasteiger partial charge < -0.3 is 0 Å². The lowest BCUT2D eigenvalue weighted by Crippen LogP contribution is -2.10. The van der Waals surface area contributed by atoms with Crippen molar-refractivity contribution in [3.63, 3.8) is 0 Å². The van der Waals surface area contributed by atoms with E-state index in [1.807, 2.05) is 54.6 Å². The van der Waals surface area contributed by atoms with Crippen LogP contribution in [0.5, 0.6) is 0 Å². The average molecular weight is 846 g/mol. The van der Waals surface area contributed by atoms with Crippen LogP contribution in [0.1, 0.15) is 32.9 Å². The SMILES string of the molecule is [2H]c1c([2H])c([2H])c(-c2c([2H])c([2H])c3c(c2[2H])c2c([2H])c([2H])c(-c4c([2H])c([2H])c([2H])c([2H])c4[2H])c([2H])c2n3-c2nc(-c3cccc4c3sc3ccc(-c5ccccc5)cc34)nc(-n3c4c([2H])c([2H])c([2H])c([2H])c4c4c([2H])c([2H])c([2H])c([2H])c43)n2)c([2H])c1[2H]. The number of aromatic nitrogens is 5. The van der Waals surface area contributed by atoms with E-state index in [9.17, 15) is 13.7 Å². The highest BCUT2D eigenvalue weighted by atomic mass is 32.1. The van der Waals surface area contributed by atoms with Crippen molar-refractivity contribution in [3.05, 3.63) is 212 Å². The average Bonchev–Trinajstić information content (AvgIpc) is 1.61. The molecule has 0 bridgehead atoms. The summed E-state index contributed by atoms with van der Waals surface area (Å²) in [4.78, 5) is 14.9. The summed E-state index contributed by atoms with van der Waals surface area (Å²) in [5.74, 6) is -1.58. The van der Waals surface area contributed by atoms with E-state index in [2.05, 4.69) is 0 Å². The maximum Gasteiger partial charge on any atom is 0.240 e. The number of para-hydroxylation sites is 2. The van der Waals surface area contributed by atoms with Gasteiger partial charge in [-0.25, -0.2) is 0 Å². The predicted octanol–water partition coefficient (Wildman–Crippen LogP) is 15.1. The van der Waals surface area contributed by atoms with Crippen molar-refractivity contribution in [2.75, 3.05) is 0 Å². The molecule has 0 fully saturated rings. The molecule has 0 aliphatic rings. The third-order valence-electron chi connectivity index (χ3n) is 10.7. The fourth-order valence-corrected chi connectivity index (χ4v) is 9.08. The van der Waals surface area contributed by atoms with Gasteiger partial charge in [0.05, 0.1) is 55.0 Å². The lowest BCUT2D eigenvalue weighted by molar-refractivity contribution is 0.893. The van der Waals surface area contributed by atoms with Crippen LogP contribution in [0, 0.1) is 0 Å². The van der Waals surface area contributed by atoms with Gasteiger partial charge in [0.25, 0.3) is 0 Å². The van der Waals surface area contributed by atoms with Crippen LogP contribution in [0.2, 0.25) is 0 Å². The molecule has 0 aliphatic carbocycles. The minimum atomic E-state index is -0.932. The Morgan fingerprint density at radius 2 is 0.984 bits per heavy atom. The number of fused-ring (bicyclic) bond motifs is 9. The lowest BCUT2D eigenvalue weighted by atomic mass is 10.0. The summed E-state index contributed by atoms with van der Waals surface area (Å²) < 4.78 is 221. The van der Waals surface area contributed by atoms with E-state index >= 15 is 0 Å². The lowest BCUT2D eigenvalue weighted by Gasteiger charge is -2.13. The number of thiophene rings is 1. The van der Waals surface area contributed by atoms with Gasteiger partial charge in [0.15, 0.2) is 5.82 Å². The van der Waals surface area contributed by atoms with Crippen LogP contribution >= 0.6 is 11.3 Å². The van der Waals surface area contributed by atoms with Crippen LogP contribution in [0.15, 0.2) is 212 Å². The van der Waals surface area contributed by atoms with Crippen molar-refractivity contribution in [2.24, 2.45) is 0 Å². The first-order valence-corrected chi connectivity index (χ1v) is 20.1. The van der Waals surface area contributed by atoms with Crippen molar-refractivity contribution in [3.8, 4) is 56.7 Å². The second kappa shape index (κ2) is 14.2. The molecular formula is C57H35N5S. The first-order valence-electron chi connectivity index (χ1n) is 31.2. The second-order valence-corrected chi connectivity index (χ2v) is 15.2. The third kappa shape index (κ3) is 5.73. The summed E-state index contributed by atoms with van der Waals surface area (Å²) in [6.07, 6.45) is 0. The highest BCUT2D eigenvalue weighted by Crippen LogP contribution is 2.42. The summed E-state index contributed by atoms with van der Waals surface area (Å²) in [5, 5.41) is -0.333. The van der Waals surface area contributed by atoms with Crippen LogP contribution in [0.3, 0.4) is 0 Å². The molecule has 13 rings (SSSR count). The molecule has 13 aromatic rings. The van der Waals surface area contributed by atoms with Crippen LogP contribution in [-0.4, -0.2) is 24.1 Å². The minimum absolute atomic E-state index is 0.252. The molecular weight excluding hydrogens is 787 g/mol. The fraction of sp³-hybridized carbons (Fsp3) is 0. The van der Waals surface area contributed by atoms with E-state index in [4.69, 9.17) is 34.1 Å². The highest BCUT2D eigenvalue weighted by Gasteiger charge is 2.23. The van der Waals surface area contributed by atoms with Gasteiger partial charge in [-0.1, -0.05) is 163 Å². The minimum Gasteiger partial charge on any atom is -0.278 e. The molecule has 0 radical (unpaired) electrons. The summed E-state index contributed by atoms with van der Waals surface area (Å²) in [6.45, 7) is 0. The molecule has 63 heavy (non-hydrogen) atoms. The van der Waals surface area contributed by atoms with E-state index in [1.54, 1.807) is 12.1 Å². The summed E-state index contributed by atoms with van der Waals surface area (Å²) >= 11 is 1.32. The number of hydrogen-bond donors (Lipinski definition) is 0. The molecule has 0 saturated carbocycles. The molecule has 9 aromatic carbocycles. The van der Waals surface area contributed by atoms with Gasteiger partial charge in [0, 0.05) is 47.3 Å². The van der Waals surface area contributed by atoms with Crippen LogP contribution in [0.25, 0.3) is 120 Å². The summed E-state index contributed by atoms with van der Waals surface area (Å²) in [7, 11) is 0. The largest absolute Gasteiger partial charge is 0.278 e. The van der Waals surface area contributed by atoms with Crippen molar-refractivity contribution in [1.82, 2.24) is 24.1 Å². The zero-order chi connectivity index (χ0) is 62.3. The number of nitrogens with zero attached hydrogens (tertiary/aromatic N) is 5. The molecule has 5 nitrogen and oxygen atoms in total. The van der Waals surface area contributed by atoms with Gasteiger partial charge in [-0.2, -0.15) is 15.0 Å². The van der Waals surface area contributed by atoms with E-state index in [0.29, 0.717) is 10.1 Å². The van der Waals surface area contributed by atoms with Crippen LogP contribution in [-0.2, 0) is 0 Å². The van der Waals surface area contributed by atoms with Gasteiger partial charge in [0.1, 0.15) is 0 Å². The van der Waals surface area contributed by atoms with Crippen molar-refractivity contribution in [1.29, 1.82) is 0 Å². The Balaban J connectivity index is 1.27. The third-order valence-corrected chi connectivity index (χ3v) is 11.9. The first kappa shape index (κ1) is 19.2. The van der Waals surface area contributed by atoms with E-state index in [-0.39, 0.29) is 22.2 Å². The maximum atomic E-state index is 10.1. The van der Waals surface area contributed by atoms with E-state index < -0.39 is 212 Å². The quantitative estimate of drug-likeness (QED) is 0.167. The van der Waals surface area contributed by atoms with Crippen LogP contribution < -0.4 is 0 Å². The monoisotopic (exact) mass is 845 g/mol. The molecule has 0 N–H and O–H groups in total. The number of rotatable bonds is 6. The van der Waals surface area contributed by atoms with Crippen molar-refractivity contribution >= 4 is 75.1 Å². The fourth-order valence-electron chi connectivity index (χ4n) is 7.88. The Kier molecular flexibility index (Phi) is 4.34. The second-order valence-electron chi connectivity index (χ2n) is 14.2. The molecule has 4 aromatic heterocycles. The standard InChI is InChI=1S/C57H35N5S/c1-4-15-36(16-5-1)39-28-31-51-47(33-39)44-30-27-41(38-19-8-3-9-20-38)35-52(44)62(51)57-59-55(58-56(60-57)61-49-25-12-10-21-42(49)43-22-11-13-26-50(43)61)46-24-14-23-45-48-34-40(37-17-6-2-7-18-37)29-32-53(48)63-54(45)46/h1-35H/i1D,3D,4D,5D,8D,9D,10D,11D,12D,13D,15D,16D,19D,20D,21D,22D,25D,26D,27D,28D,30D,31D,33D,35D.